The zero-order valence-corrected chi connectivity index (χ0v) is 13.6. The number of anilines is 3. The van der Waals surface area contributed by atoms with Crippen molar-refractivity contribution in [3.63, 3.8) is 0 Å². The molecule has 2 amide bonds. The van der Waals surface area contributed by atoms with E-state index in [4.69, 9.17) is 10.5 Å². The number of carbonyl (C=O) groups is 2. The molecule has 4 rings (SSSR count). The van der Waals surface area contributed by atoms with Crippen molar-refractivity contribution < 1.29 is 18.7 Å². The third kappa shape index (κ3) is 2.63. The molecule has 1 atom stereocenters. The molecule has 0 bridgehead atoms. The van der Waals surface area contributed by atoms with Gasteiger partial charge in [0.05, 0.1) is 17.4 Å². The zero-order chi connectivity index (χ0) is 17.7. The molecule has 1 aliphatic heterocycles. The van der Waals surface area contributed by atoms with Gasteiger partial charge in [-0.05, 0) is 37.3 Å². The molecular weight excluding hydrogens is 327 g/mol. The molecule has 1 aliphatic carbocycles. The molecule has 0 radical (unpaired) electrons. The largest absolute Gasteiger partial charge is 0.447 e. The maximum Gasteiger partial charge on any atom is 0.414 e. The van der Waals surface area contributed by atoms with Gasteiger partial charge >= 0.3 is 6.09 Å². The van der Waals surface area contributed by atoms with Crippen LogP contribution in [0, 0.1) is 11.7 Å². The molecule has 1 aromatic carbocycles. The molecule has 1 aromatic heterocycles. The highest BCUT2D eigenvalue weighted by molar-refractivity contribution is 6.02. The number of aromatic nitrogens is 1. The Morgan fingerprint density at radius 2 is 2.20 bits per heavy atom. The third-order valence-electron chi connectivity index (χ3n) is 4.52. The predicted molar refractivity (Wildman–Crippen MR) is 90.8 cm³/mol. The Hall–Kier alpha value is -2.90. The fraction of sp³-hybridized carbons (Fsp3) is 0.353. The third-order valence-corrected chi connectivity index (χ3v) is 4.52. The molecule has 1 saturated heterocycles. The van der Waals surface area contributed by atoms with Crippen molar-refractivity contribution in [3.05, 3.63) is 24.1 Å². The first-order valence-corrected chi connectivity index (χ1v) is 8.10. The average Bonchev–Trinajstić information content (AvgIpc) is 3.38. The lowest BCUT2D eigenvalue weighted by Gasteiger charge is -2.20. The first-order valence-electron chi connectivity index (χ1n) is 8.10. The highest BCUT2D eigenvalue weighted by Crippen LogP contribution is 2.36. The summed E-state index contributed by atoms with van der Waals surface area (Å²) in [7, 11) is 0. The molecule has 1 saturated carbocycles. The Morgan fingerprint density at radius 3 is 2.84 bits per heavy atom. The van der Waals surface area contributed by atoms with Gasteiger partial charge in [-0.3, -0.25) is 9.69 Å². The number of nitrogen functional groups attached to an aromatic ring is 1. The number of ether oxygens (including phenoxy) is 1. The van der Waals surface area contributed by atoms with E-state index >= 15 is 0 Å². The minimum Gasteiger partial charge on any atom is -0.447 e. The lowest BCUT2D eigenvalue weighted by Crippen LogP contribution is -2.31. The van der Waals surface area contributed by atoms with Gasteiger partial charge in [0.15, 0.2) is 5.82 Å². The SMILES string of the molecule is C[C@@H]1COC(=O)N1c1cc2cc(NC(=O)C3CC3)ncc2c(N)c1F. The lowest BCUT2D eigenvalue weighted by molar-refractivity contribution is -0.117. The van der Waals surface area contributed by atoms with Crippen molar-refractivity contribution in [2.75, 3.05) is 22.6 Å². The Bertz CT molecular complexity index is 897. The highest BCUT2D eigenvalue weighted by atomic mass is 19.1. The van der Waals surface area contributed by atoms with E-state index in [2.05, 4.69) is 10.3 Å². The summed E-state index contributed by atoms with van der Waals surface area (Å²) in [5, 5.41) is 3.75. The number of carbonyl (C=O) groups excluding carboxylic acids is 2. The van der Waals surface area contributed by atoms with Crippen molar-refractivity contribution >= 4 is 40.0 Å². The first-order chi connectivity index (χ1) is 12.0. The van der Waals surface area contributed by atoms with Gasteiger partial charge in [0.1, 0.15) is 12.4 Å². The number of cyclic esters (lactones) is 1. The number of nitrogens with zero attached hydrogens (tertiary/aromatic N) is 2. The minimum absolute atomic E-state index is 0.0477. The molecule has 0 spiro atoms. The van der Waals surface area contributed by atoms with Crippen molar-refractivity contribution in [1.82, 2.24) is 4.98 Å². The number of hydrogen-bond donors (Lipinski definition) is 2. The second kappa shape index (κ2) is 5.58. The fourth-order valence-corrected chi connectivity index (χ4v) is 2.95. The monoisotopic (exact) mass is 344 g/mol. The number of fused-ring (bicyclic) bond motifs is 1. The molecular formula is C17H17FN4O3. The van der Waals surface area contributed by atoms with Crippen LogP contribution in [-0.4, -0.2) is 29.6 Å². The second-order valence-electron chi connectivity index (χ2n) is 6.47. The van der Waals surface area contributed by atoms with Gasteiger partial charge in [0, 0.05) is 17.5 Å². The quantitative estimate of drug-likeness (QED) is 0.834. The number of hydrogen-bond acceptors (Lipinski definition) is 5. The maximum atomic E-state index is 14.7. The number of rotatable bonds is 3. The van der Waals surface area contributed by atoms with Crippen molar-refractivity contribution in [1.29, 1.82) is 0 Å². The number of amides is 2. The number of pyridine rings is 1. The van der Waals surface area contributed by atoms with Gasteiger partial charge < -0.3 is 15.8 Å². The van der Waals surface area contributed by atoms with Gasteiger partial charge in [-0.15, -0.1) is 0 Å². The standard InChI is InChI=1S/C17H17FN4O3/c1-8-7-25-17(24)22(8)12-4-10-5-13(21-16(23)9-2-3-9)20-6-11(10)15(19)14(12)18/h4-6,8-9H,2-3,7,19H2,1H3,(H,20,21,23)/t8-/m1/s1. The molecule has 3 N–H and O–H groups in total. The van der Waals surface area contributed by atoms with Crippen molar-refractivity contribution in [3.8, 4) is 0 Å². The van der Waals surface area contributed by atoms with E-state index in [1.807, 2.05) is 0 Å². The van der Waals surface area contributed by atoms with Crippen molar-refractivity contribution in [2.45, 2.75) is 25.8 Å². The number of benzene rings is 1. The number of nitrogens with one attached hydrogen (secondary N) is 1. The molecule has 2 aliphatic rings. The summed E-state index contributed by atoms with van der Waals surface area (Å²) in [5.41, 5.74) is 5.88. The highest BCUT2D eigenvalue weighted by Gasteiger charge is 2.34. The molecule has 8 heteroatoms. The lowest BCUT2D eigenvalue weighted by atomic mass is 10.1. The van der Waals surface area contributed by atoms with Crippen LogP contribution < -0.4 is 16.0 Å². The number of nitrogens with two attached hydrogens (primary N) is 1. The van der Waals surface area contributed by atoms with Crippen LogP contribution in [0.4, 0.5) is 26.4 Å². The maximum absolute atomic E-state index is 14.7. The summed E-state index contributed by atoms with van der Waals surface area (Å²) in [4.78, 5) is 29.2. The van der Waals surface area contributed by atoms with Crippen LogP contribution in [0.1, 0.15) is 19.8 Å². The van der Waals surface area contributed by atoms with Crippen LogP contribution in [0.3, 0.4) is 0 Å². The predicted octanol–water partition coefficient (Wildman–Crippen LogP) is 2.65. The van der Waals surface area contributed by atoms with E-state index in [-0.39, 0.29) is 35.8 Å². The summed E-state index contributed by atoms with van der Waals surface area (Å²) < 4.78 is 19.6. The topological polar surface area (TPSA) is 97.5 Å². The van der Waals surface area contributed by atoms with Gasteiger partial charge in [-0.1, -0.05) is 0 Å². The Morgan fingerprint density at radius 1 is 1.44 bits per heavy atom. The van der Waals surface area contributed by atoms with Gasteiger partial charge in [0.2, 0.25) is 5.91 Å². The van der Waals surface area contributed by atoms with Crippen LogP contribution >= 0.6 is 0 Å². The molecule has 25 heavy (non-hydrogen) atoms. The normalized spacial score (nSPS) is 20.0. The molecule has 2 fully saturated rings. The molecule has 7 nitrogen and oxygen atoms in total. The van der Waals surface area contributed by atoms with Crippen LogP contribution in [0.5, 0.6) is 0 Å². The summed E-state index contributed by atoms with van der Waals surface area (Å²) in [5.74, 6) is -0.335. The summed E-state index contributed by atoms with van der Waals surface area (Å²) in [6, 6.07) is 2.86. The van der Waals surface area contributed by atoms with Gasteiger partial charge in [-0.25, -0.2) is 14.2 Å². The Balaban J connectivity index is 1.77. The summed E-state index contributed by atoms with van der Waals surface area (Å²) in [6.07, 6.45) is 2.58. The van der Waals surface area contributed by atoms with Crippen molar-refractivity contribution in [2.24, 2.45) is 5.92 Å². The molecule has 130 valence electrons. The Labute approximate surface area is 142 Å². The minimum atomic E-state index is -0.685. The summed E-state index contributed by atoms with van der Waals surface area (Å²) >= 11 is 0. The second-order valence-corrected chi connectivity index (χ2v) is 6.47. The molecule has 2 heterocycles. The Kier molecular flexibility index (Phi) is 3.48. The smallest absolute Gasteiger partial charge is 0.414 e. The zero-order valence-electron chi connectivity index (χ0n) is 13.6. The van der Waals surface area contributed by atoms with E-state index in [9.17, 15) is 14.0 Å². The van der Waals surface area contributed by atoms with Crippen LogP contribution in [0.25, 0.3) is 10.8 Å². The van der Waals surface area contributed by atoms with Gasteiger partial charge in [0.25, 0.3) is 0 Å². The molecule has 2 aromatic rings. The van der Waals surface area contributed by atoms with E-state index in [0.717, 1.165) is 12.8 Å². The number of halogens is 1. The van der Waals surface area contributed by atoms with Crippen LogP contribution in [0.15, 0.2) is 18.3 Å². The summed E-state index contributed by atoms with van der Waals surface area (Å²) in [6.45, 7) is 1.95. The van der Waals surface area contributed by atoms with Crippen LogP contribution in [-0.2, 0) is 9.53 Å². The van der Waals surface area contributed by atoms with E-state index in [1.165, 1.54) is 17.2 Å². The van der Waals surface area contributed by atoms with E-state index in [0.29, 0.717) is 16.6 Å². The van der Waals surface area contributed by atoms with Crippen LogP contribution in [0.2, 0.25) is 0 Å². The van der Waals surface area contributed by atoms with E-state index in [1.54, 1.807) is 13.0 Å². The molecule has 0 unspecified atom stereocenters. The van der Waals surface area contributed by atoms with Gasteiger partial charge in [-0.2, -0.15) is 0 Å². The van der Waals surface area contributed by atoms with E-state index < -0.39 is 11.9 Å². The average molecular weight is 344 g/mol. The first kappa shape index (κ1) is 15.6. The fourth-order valence-electron chi connectivity index (χ4n) is 2.95.